The largest absolute Gasteiger partial charge is 0.342 e. The van der Waals surface area contributed by atoms with Crippen LogP contribution in [0.1, 0.15) is 36.1 Å². The molecule has 1 aromatic carbocycles. The highest BCUT2D eigenvalue weighted by Gasteiger charge is 2.17. The van der Waals surface area contributed by atoms with Crippen molar-refractivity contribution in [2.24, 2.45) is 0 Å². The number of aromatic nitrogens is 2. The monoisotopic (exact) mass is 297 g/mol. The second-order valence-electron chi connectivity index (χ2n) is 6.16. The molecule has 0 radical (unpaired) electrons. The molecule has 1 aromatic heterocycles. The second-order valence-corrected chi connectivity index (χ2v) is 6.16. The summed E-state index contributed by atoms with van der Waals surface area (Å²) >= 11 is 0. The fourth-order valence-corrected chi connectivity index (χ4v) is 3.08. The first kappa shape index (κ1) is 14.8. The molecular weight excluding hydrogens is 274 g/mol. The molecule has 0 amide bonds. The van der Waals surface area contributed by atoms with Gasteiger partial charge in [-0.3, -0.25) is 9.36 Å². The Bertz CT molecular complexity index is 715. The van der Waals surface area contributed by atoms with Crippen LogP contribution in [0.2, 0.25) is 0 Å². The summed E-state index contributed by atoms with van der Waals surface area (Å²) in [5.74, 6) is 0.825. The maximum atomic E-state index is 12.5. The van der Waals surface area contributed by atoms with Crippen molar-refractivity contribution < 1.29 is 0 Å². The van der Waals surface area contributed by atoms with Gasteiger partial charge in [-0.05, 0) is 38.7 Å². The van der Waals surface area contributed by atoms with Gasteiger partial charge in [-0.15, -0.1) is 0 Å². The molecule has 4 heteroatoms. The maximum Gasteiger partial charge on any atom is 0.255 e. The lowest BCUT2D eigenvalue weighted by Crippen LogP contribution is -2.36. The summed E-state index contributed by atoms with van der Waals surface area (Å²) in [6.07, 6.45) is 3.62. The summed E-state index contributed by atoms with van der Waals surface area (Å²) in [6, 6.07) is 9.94. The zero-order chi connectivity index (χ0) is 15.5. The first-order chi connectivity index (χ1) is 10.6. The van der Waals surface area contributed by atoms with Crippen LogP contribution in [-0.2, 0) is 6.54 Å². The Labute approximate surface area is 131 Å². The molecule has 2 heterocycles. The van der Waals surface area contributed by atoms with Crippen molar-refractivity contribution >= 4 is 5.95 Å². The van der Waals surface area contributed by atoms with Crippen molar-refractivity contribution in [2.45, 2.75) is 39.7 Å². The molecule has 22 heavy (non-hydrogen) atoms. The van der Waals surface area contributed by atoms with Gasteiger partial charge in [0.15, 0.2) is 0 Å². The number of anilines is 1. The zero-order valence-corrected chi connectivity index (χ0v) is 13.4. The zero-order valence-electron chi connectivity index (χ0n) is 13.4. The molecule has 0 atom stereocenters. The minimum absolute atomic E-state index is 0.0366. The van der Waals surface area contributed by atoms with E-state index in [-0.39, 0.29) is 5.56 Å². The van der Waals surface area contributed by atoms with Crippen LogP contribution >= 0.6 is 0 Å². The van der Waals surface area contributed by atoms with Gasteiger partial charge in [0.2, 0.25) is 5.95 Å². The topological polar surface area (TPSA) is 38.1 Å². The highest BCUT2D eigenvalue weighted by atomic mass is 16.1. The van der Waals surface area contributed by atoms with E-state index in [0.717, 1.165) is 30.3 Å². The third-order valence-electron chi connectivity index (χ3n) is 4.18. The molecule has 0 N–H and O–H groups in total. The van der Waals surface area contributed by atoms with Crippen LogP contribution in [0.4, 0.5) is 5.95 Å². The third-order valence-corrected chi connectivity index (χ3v) is 4.18. The predicted octanol–water partition coefficient (Wildman–Crippen LogP) is 2.90. The van der Waals surface area contributed by atoms with Gasteiger partial charge in [0.05, 0.1) is 6.54 Å². The molecule has 1 aliphatic heterocycles. The molecule has 4 nitrogen and oxygen atoms in total. The van der Waals surface area contributed by atoms with Gasteiger partial charge in [0.25, 0.3) is 5.56 Å². The summed E-state index contributed by atoms with van der Waals surface area (Å²) in [5.41, 5.74) is 3.19. The highest BCUT2D eigenvalue weighted by molar-refractivity contribution is 5.34. The first-order valence-electron chi connectivity index (χ1n) is 8.02. The van der Waals surface area contributed by atoms with Crippen molar-refractivity contribution in [3.8, 4) is 0 Å². The van der Waals surface area contributed by atoms with Crippen molar-refractivity contribution in [1.29, 1.82) is 0 Å². The van der Waals surface area contributed by atoms with Gasteiger partial charge in [-0.25, -0.2) is 4.98 Å². The molecule has 1 fully saturated rings. The molecule has 3 rings (SSSR count). The molecule has 1 saturated heterocycles. The number of nitrogens with zero attached hydrogens (tertiary/aromatic N) is 3. The minimum atomic E-state index is 0.0366. The molecule has 2 aromatic rings. The number of hydrogen-bond donors (Lipinski definition) is 0. The number of piperidine rings is 1. The van der Waals surface area contributed by atoms with Crippen LogP contribution in [-0.4, -0.2) is 22.6 Å². The maximum absolute atomic E-state index is 12.5. The Morgan fingerprint density at radius 2 is 1.86 bits per heavy atom. The van der Waals surface area contributed by atoms with E-state index in [0.29, 0.717) is 6.54 Å². The van der Waals surface area contributed by atoms with E-state index in [4.69, 9.17) is 0 Å². The Hall–Kier alpha value is -2.10. The Morgan fingerprint density at radius 3 is 2.59 bits per heavy atom. The summed E-state index contributed by atoms with van der Waals surface area (Å²) in [5, 5.41) is 0. The fraction of sp³-hybridized carbons (Fsp3) is 0.444. The normalized spacial score (nSPS) is 15.1. The lowest BCUT2D eigenvalue weighted by molar-refractivity contribution is 0.550. The van der Waals surface area contributed by atoms with Crippen molar-refractivity contribution in [2.75, 3.05) is 18.0 Å². The minimum Gasteiger partial charge on any atom is -0.342 e. The van der Waals surface area contributed by atoms with Gasteiger partial charge in [-0.2, -0.15) is 0 Å². The second kappa shape index (κ2) is 6.34. The molecule has 0 unspecified atom stereocenters. The number of benzene rings is 1. The van der Waals surface area contributed by atoms with E-state index in [1.165, 1.54) is 24.8 Å². The van der Waals surface area contributed by atoms with E-state index < -0.39 is 0 Å². The van der Waals surface area contributed by atoms with Crippen LogP contribution in [0.25, 0.3) is 0 Å². The molecule has 0 spiro atoms. The van der Waals surface area contributed by atoms with E-state index in [1.807, 2.05) is 17.6 Å². The number of aryl methyl sites for hydroxylation is 2. The fourth-order valence-electron chi connectivity index (χ4n) is 3.08. The number of rotatable bonds is 3. The molecule has 0 bridgehead atoms. The molecule has 116 valence electrons. The van der Waals surface area contributed by atoms with E-state index in [9.17, 15) is 4.79 Å². The lowest BCUT2D eigenvalue weighted by Gasteiger charge is -2.29. The van der Waals surface area contributed by atoms with Crippen molar-refractivity contribution in [1.82, 2.24) is 9.55 Å². The van der Waals surface area contributed by atoms with Crippen molar-refractivity contribution in [3.05, 3.63) is 57.5 Å². The molecule has 0 aliphatic carbocycles. The Balaban J connectivity index is 2.00. The van der Waals surface area contributed by atoms with E-state index in [1.54, 1.807) is 6.07 Å². The summed E-state index contributed by atoms with van der Waals surface area (Å²) in [4.78, 5) is 19.4. The van der Waals surface area contributed by atoms with Crippen LogP contribution < -0.4 is 10.5 Å². The molecule has 0 saturated carbocycles. The Kier molecular flexibility index (Phi) is 4.27. The highest BCUT2D eigenvalue weighted by Crippen LogP contribution is 2.18. The predicted molar refractivity (Wildman–Crippen MR) is 89.6 cm³/mol. The van der Waals surface area contributed by atoms with Gasteiger partial charge >= 0.3 is 0 Å². The summed E-state index contributed by atoms with van der Waals surface area (Å²) in [6.45, 7) is 6.53. The quantitative estimate of drug-likeness (QED) is 0.874. The van der Waals surface area contributed by atoms with E-state index >= 15 is 0 Å². The van der Waals surface area contributed by atoms with Gasteiger partial charge in [0.1, 0.15) is 0 Å². The smallest absolute Gasteiger partial charge is 0.255 e. The third kappa shape index (κ3) is 3.21. The molecular formula is C18H23N3O. The molecule has 1 aliphatic rings. The van der Waals surface area contributed by atoms with Crippen LogP contribution in [0.15, 0.2) is 35.1 Å². The standard InChI is InChI=1S/C18H23N3O/c1-14-7-6-8-16(11-14)13-21-17(22)12-15(2)19-18(21)20-9-4-3-5-10-20/h6-8,11-12H,3-5,9-10,13H2,1-2H3. The summed E-state index contributed by atoms with van der Waals surface area (Å²) < 4.78 is 1.81. The van der Waals surface area contributed by atoms with Gasteiger partial charge < -0.3 is 4.90 Å². The van der Waals surface area contributed by atoms with Crippen LogP contribution in [0.3, 0.4) is 0 Å². The average molecular weight is 297 g/mol. The van der Waals surface area contributed by atoms with Crippen molar-refractivity contribution in [3.63, 3.8) is 0 Å². The van der Waals surface area contributed by atoms with E-state index in [2.05, 4.69) is 35.0 Å². The van der Waals surface area contributed by atoms with Crippen LogP contribution in [0.5, 0.6) is 0 Å². The first-order valence-corrected chi connectivity index (χ1v) is 8.02. The Morgan fingerprint density at radius 1 is 1.09 bits per heavy atom. The van der Waals surface area contributed by atoms with Gasteiger partial charge in [-0.1, -0.05) is 29.8 Å². The summed E-state index contributed by atoms with van der Waals surface area (Å²) in [7, 11) is 0. The SMILES string of the molecule is Cc1cccc(Cn2c(N3CCCCC3)nc(C)cc2=O)c1. The average Bonchev–Trinajstić information content (AvgIpc) is 2.51. The lowest BCUT2D eigenvalue weighted by atomic mass is 10.1. The van der Waals surface area contributed by atoms with Gasteiger partial charge in [0, 0.05) is 24.8 Å². The van der Waals surface area contributed by atoms with Crippen LogP contribution in [0, 0.1) is 13.8 Å². The number of hydrogen-bond acceptors (Lipinski definition) is 3.